The molecule has 2 unspecified atom stereocenters. The minimum atomic E-state index is -0.795. The van der Waals surface area contributed by atoms with Crippen LogP contribution >= 0.6 is 0 Å². The zero-order valence-corrected chi connectivity index (χ0v) is 21.0. The van der Waals surface area contributed by atoms with Gasteiger partial charge in [-0.25, -0.2) is 0 Å². The molecule has 2 aromatic rings. The van der Waals surface area contributed by atoms with Crippen molar-refractivity contribution in [1.29, 1.82) is 0 Å². The first-order chi connectivity index (χ1) is 11.8. The fourth-order valence-corrected chi connectivity index (χ4v) is 3.35. The van der Waals surface area contributed by atoms with E-state index in [0.29, 0.717) is 12.3 Å². The summed E-state index contributed by atoms with van der Waals surface area (Å²) in [6, 6.07) is 22.5. The van der Waals surface area contributed by atoms with Gasteiger partial charge in [-0.05, 0) is 50.3 Å². The van der Waals surface area contributed by atoms with Gasteiger partial charge >= 0.3 is 26.2 Å². The topological polar surface area (TPSA) is 20.2 Å². The molecule has 0 aromatic heterocycles. The summed E-state index contributed by atoms with van der Waals surface area (Å²) in [5.41, 5.74) is 5.77. The van der Waals surface area contributed by atoms with Gasteiger partial charge in [0.15, 0.2) is 0 Å². The average molecular weight is 455 g/mol. The molecule has 0 heterocycles. The maximum absolute atomic E-state index is 10.8. The number of benzene rings is 2. The van der Waals surface area contributed by atoms with E-state index < -0.39 is 5.60 Å². The Bertz CT molecular complexity index is 716. The normalized spacial score (nSPS) is 17.3. The molecule has 0 fully saturated rings. The van der Waals surface area contributed by atoms with Crippen molar-refractivity contribution in [3.63, 3.8) is 0 Å². The third-order valence-electron chi connectivity index (χ3n) is 5.35. The molecule has 1 N–H and O–H groups in total. The molecule has 0 spiro atoms. The Labute approximate surface area is 192 Å². The first-order valence-corrected chi connectivity index (χ1v) is 8.91. The predicted molar refractivity (Wildman–Crippen MR) is 119 cm³/mol. The van der Waals surface area contributed by atoms with Crippen LogP contribution in [0.2, 0.25) is 0 Å². The average Bonchev–Trinajstić information content (AvgIpc) is 2.82. The summed E-state index contributed by atoms with van der Waals surface area (Å²) in [5.74, 6) is 0.454. The Balaban J connectivity index is 0. The fraction of sp³-hybridized carbons (Fsp3) is 0.308. The summed E-state index contributed by atoms with van der Waals surface area (Å²) in [5, 5.41) is 10.8. The van der Waals surface area contributed by atoms with E-state index in [2.05, 4.69) is 33.8 Å². The molecule has 3 rings (SSSR count). The van der Waals surface area contributed by atoms with Crippen molar-refractivity contribution in [3.05, 3.63) is 109 Å². The monoisotopic (exact) mass is 453 g/mol. The third-order valence-corrected chi connectivity index (χ3v) is 5.35. The maximum Gasteiger partial charge on any atom is 3.00 e. The standard InChI is InChI=1S/C18H24O.C6H5.2CH3.Zr/c1-12-13(2)15(4)17(14(12)3)11-18(5,19)16-9-7-6-8-10-16;1-2-4-6-5-3-1;;;/h6-10,14,19H,11H2,1-5H3;1-5H;2*1H3;/q;3*-1;+3. The summed E-state index contributed by atoms with van der Waals surface area (Å²) >= 11 is 0. The molecule has 0 amide bonds. The van der Waals surface area contributed by atoms with Crippen LogP contribution in [0, 0.1) is 26.8 Å². The molecule has 2 heteroatoms. The molecule has 0 saturated heterocycles. The van der Waals surface area contributed by atoms with E-state index in [1.165, 1.54) is 22.3 Å². The van der Waals surface area contributed by atoms with Crippen LogP contribution in [0.1, 0.15) is 46.6 Å². The third kappa shape index (κ3) is 7.30. The number of rotatable bonds is 3. The SMILES string of the molecule is CC1=C(C)C(C)C(CC(C)(O)c2ccccc2)=C1C.[CH3-].[CH3-].[Zr+3].[c-]1ccccc1. The zero-order chi connectivity index (χ0) is 18.4. The van der Waals surface area contributed by atoms with Crippen LogP contribution in [0.25, 0.3) is 0 Å². The summed E-state index contributed by atoms with van der Waals surface area (Å²) in [4.78, 5) is 0. The maximum atomic E-state index is 10.8. The minimum absolute atomic E-state index is 0. The van der Waals surface area contributed by atoms with Gasteiger partial charge in [-0.3, -0.25) is 0 Å². The van der Waals surface area contributed by atoms with Crippen molar-refractivity contribution in [2.24, 2.45) is 5.92 Å². The fourth-order valence-electron chi connectivity index (χ4n) is 3.35. The van der Waals surface area contributed by atoms with Gasteiger partial charge in [0.1, 0.15) is 0 Å². The van der Waals surface area contributed by atoms with E-state index in [0.717, 1.165) is 5.56 Å². The van der Waals surface area contributed by atoms with Crippen LogP contribution < -0.4 is 0 Å². The molecule has 149 valence electrons. The van der Waals surface area contributed by atoms with Crippen LogP contribution in [0.4, 0.5) is 0 Å². The first kappa shape index (κ1) is 29.0. The van der Waals surface area contributed by atoms with E-state index in [4.69, 9.17) is 0 Å². The Morgan fingerprint density at radius 2 is 1.39 bits per heavy atom. The molecule has 1 nitrogen and oxygen atoms in total. The molecule has 2 aromatic carbocycles. The molecule has 1 aliphatic rings. The molecule has 28 heavy (non-hydrogen) atoms. The van der Waals surface area contributed by atoms with Gasteiger partial charge in [0, 0.05) is 6.42 Å². The molecule has 0 bridgehead atoms. The predicted octanol–water partition coefficient (Wildman–Crippen LogP) is 6.97. The van der Waals surface area contributed by atoms with E-state index in [-0.39, 0.29) is 41.1 Å². The molecule has 2 atom stereocenters. The largest absolute Gasteiger partial charge is 3.00 e. The first-order valence-electron chi connectivity index (χ1n) is 8.91. The van der Waals surface area contributed by atoms with Gasteiger partial charge in [0.2, 0.25) is 0 Å². The summed E-state index contributed by atoms with van der Waals surface area (Å²) in [6.07, 6.45) is 0.707. The van der Waals surface area contributed by atoms with Crippen LogP contribution in [-0.4, -0.2) is 5.11 Å². The van der Waals surface area contributed by atoms with Crippen molar-refractivity contribution in [2.45, 2.75) is 46.6 Å². The molecule has 0 aliphatic heterocycles. The number of hydrogen-bond donors (Lipinski definition) is 1. The van der Waals surface area contributed by atoms with Crippen LogP contribution in [-0.2, 0) is 31.8 Å². The van der Waals surface area contributed by atoms with E-state index in [9.17, 15) is 5.11 Å². The second-order valence-electron chi connectivity index (χ2n) is 7.07. The Morgan fingerprint density at radius 1 is 0.893 bits per heavy atom. The van der Waals surface area contributed by atoms with Gasteiger partial charge in [-0.1, -0.05) is 48.4 Å². The molecule has 1 radical (unpaired) electrons. The van der Waals surface area contributed by atoms with Gasteiger partial charge in [0.25, 0.3) is 0 Å². The van der Waals surface area contributed by atoms with Gasteiger partial charge in [-0.2, -0.15) is 36.4 Å². The zero-order valence-electron chi connectivity index (χ0n) is 18.5. The van der Waals surface area contributed by atoms with Crippen molar-refractivity contribution < 1.29 is 31.3 Å². The van der Waals surface area contributed by atoms with Gasteiger partial charge < -0.3 is 20.0 Å². The second-order valence-corrected chi connectivity index (χ2v) is 7.07. The van der Waals surface area contributed by atoms with Crippen LogP contribution in [0.15, 0.2) is 83.0 Å². The van der Waals surface area contributed by atoms with E-state index in [1.807, 2.05) is 67.6 Å². The van der Waals surface area contributed by atoms with Crippen molar-refractivity contribution in [2.75, 3.05) is 0 Å². The summed E-state index contributed by atoms with van der Waals surface area (Å²) in [6.45, 7) is 10.7. The van der Waals surface area contributed by atoms with Crippen molar-refractivity contribution >= 4 is 0 Å². The van der Waals surface area contributed by atoms with Crippen LogP contribution in [0.5, 0.6) is 0 Å². The Hall–Kier alpha value is -1.24. The molecular formula is C26H35OZr. The quantitative estimate of drug-likeness (QED) is 0.496. The number of allylic oxidation sites excluding steroid dienone is 3. The second kappa shape index (κ2) is 13.1. The number of aliphatic hydroxyl groups is 1. The van der Waals surface area contributed by atoms with Gasteiger partial charge in [-0.15, -0.1) is 0 Å². The van der Waals surface area contributed by atoms with Gasteiger partial charge in [0.05, 0.1) is 5.60 Å². The molecule has 0 saturated carbocycles. The van der Waals surface area contributed by atoms with E-state index in [1.54, 1.807) is 0 Å². The smallest absolute Gasteiger partial charge is 0.385 e. The minimum Gasteiger partial charge on any atom is -0.385 e. The van der Waals surface area contributed by atoms with E-state index >= 15 is 0 Å². The summed E-state index contributed by atoms with van der Waals surface area (Å²) in [7, 11) is 0. The Morgan fingerprint density at radius 3 is 1.75 bits per heavy atom. The van der Waals surface area contributed by atoms with Crippen LogP contribution in [0.3, 0.4) is 0 Å². The molecule has 1 aliphatic carbocycles. The Kier molecular flexibility index (Phi) is 13.5. The summed E-state index contributed by atoms with van der Waals surface area (Å²) < 4.78 is 0. The molecular weight excluding hydrogens is 420 g/mol. The van der Waals surface area contributed by atoms with Crippen molar-refractivity contribution in [1.82, 2.24) is 0 Å². The number of hydrogen-bond acceptors (Lipinski definition) is 1. The van der Waals surface area contributed by atoms with Crippen molar-refractivity contribution in [3.8, 4) is 0 Å².